The zero-order valence-corrected chi connectivity index (χ0v) is 11.9. The monoisotopic (exact) mass is 300 g/mol. The van der Waals surface area contributed by atoms with Crippen molar-refractivity contribution < 1.29 is 4.92 Å². The average Bonchev–Trinajstić information content (AvgIpc) is 2.26. The van der Waals surface area contributed by atoms with Crippen molar-refractivity contribution in [1.82, 2.24) is 0 Å². The molecular weight excluding hydrogens is 284 g/mol. The molecule has 94 valence electrons. The van der Waals surface area contributed by atoms with E-state index in [2.05, 4.69) is 42.0 Å². The van der Waals surface area contributed by atoms with Crippen molar-refractivity contribution in [2.75, 3.05) is 11.9 Å². The van der Waals surface area contributed by atoms with Gasteiger partial charge in [0.05, 0.1) is 4.92 Å². The van der Waals surface area contributed by atoms with Gasteiger partial charge in [0.1, 0.15) is 5.69 Å². The fourth-order valence-corrected chi connectivity index (χ4v) is 1.63. The van der Waals surface area contributed by atoms with E-state index in [4.69, 9.17) is 0 Å². The smallest absolute Gasteiger partial charge is 0.292 e. The van der Waals surface area contributed by atoms with Crippen molar-refractivity contribution in [3.63, 3.8) is 0 Å². The Morgan fingerprint density at radius 1 is 1.47 bits per heavy atom. The molecule has 0 aliphatic carbocycles. The molecule has 1 aromatic carbocycles. The van der Waals surface area contributed by atoms with Crippen molar-refractivity contribution >= 4 is 27.3 Å². The molecule has 0 saturated heterocycles. The molecule has 4 nitrogen and oxygen atoms in total. The molecule has 0 aliphatic rings. The first-order chi connectivity index (χ1) is 7.85. The minimum atomic E-state index is -0.367. The second kappa shape index (κ2) is 5.49. The van der Waals surface area contributed by atoms with Crippen molar-refractivity contribution in [1.29, 1.82) is 0 Å². The molecule has 0 unspecified atom stereocenters. The van der Waals surface area contributed by atoms with Gasteiger partial charge in [-0.15, -0.1) is 0 Å². The molecule has 1 N–H and O–H groups in total. The van der Waals surface area contributed by atoms with Gasteiger partial charge < -0.3 is 5.32 Å². The summed E-state index contributed by atoms with van der Waals surface area (Å²) in [5, 5.41) is 14.0. The van der Waals surface area contributed by atoms with E-state index in [9.17, 15) is 10.1 Å². The summed E-state index contributed by atoms with van der Waals surface area (Å²) in [5.74, 6) is 0. The predicted molar refractivity (Wildman–Crippen MR) is 73.4 cm³/mol. The van der Waals surface area contributed by atoms with Gasteiger partial charge in [-0.1, -0.05) is 36.7 Å². The second-order valence-corrected chi connectivity index (χ2v) is 5.71. The topological polar surface area (TPSA) is 55.2 Å². The summed E-state index contributed by atoms with van der Waals surface area (Å²) in [6.07, 6.45) is 1.02. The van der Waals surface area contributed by atoms with Gasteiger partial charge in [-0.25, -0.2) is 0 Å². The SMILES string of the molecule is CCC(C)(C)CNc1cc(Br)ccc1[N+](=O)[O-]. The van der Waals surface area contributed by atoms with Crippen LogP contribution in [-0.2, 0) is 0 Å². The predicted octanol–water partition coefficient (Wildman–Crippen LogP) is 4.21. The van der Waals surface area contributed by atoms with Crippen LogP contribution in [0.5, 0.6) is 0 Å². The number of nitro benzene ring substituents is 1. The maximum atomic E-state index is 10.9. The third kappa shape index (κ3) is 4.00. The van der Waals surface area contributed by atoms with E-state index < -0.39 is 0 Å². The van der Waals surface area contributed by atoms with Crippen LogP contribution in [0.15, 0.2) is 22.7 Å². The zero-order valence-electron chi connectivity index (χ0n) is 10.3. The molecule has 0 fully saturated rings. The lowest BCUT2D eigenvalue weighted by molar-refractivity contribution is -0.384. The van der Waals surface area contributed by atoms with Crippen molar-refractivity contribution in [3.05, 3.63) is 32.8 Å². The fourth-order valence-electron chi connectivity index (χ4n) is 1.27. The number of nitrogens with one attached hydrogen (secondary N) is 1. The highest BCUT2D eigenvalue weighted by molar-refractivity contribution is 9.10. The molecule has 5 heteroatoms. The molecule has 17 heavy (non-hydrogen) atoms. The molecule has 0 bridgehead atoms. The van der Waals surface area contributed by atoms with Gasteiger partial charge in [0.2, 0.25) is 0 Å². The molecule has 0 atom stereocenters. The molecule has 1 rings (SSSR count). The van der Waals surface area contributed by atoms with E-state index in [0.717, 1.165) is 10.9 Å². The van der Waals surface area contributed by atoms with Crippen molar-refractivity contribution in [2.24, 2.45) is 5.41 Å². The maximum Gasteiger partial charge on any atom is 0.292 e. The Bertz CT molecular complexity index is 419. The first kappa shape index (κ1) is 14.0. The van der Waals surface area contributed by atoms with Gasteiger partial charge >= 0.3 is 0 Å². The maximum absolute atomic E-state index is 10.9. The highest BCUT2D eigenvalue weighted by atomic mass is 79.9. The molecule has 0 saturated carbocycles. The normalized spacial score (nSPS) is 11.3. The number of rotatable bonds is 5. The van der Waals surface area contributed by atoms with Crippen LogP contribution in [0.25, 0.3) is 0 Å². The van der Waals surface area contributed by atoms with Crippen LogP contribution in [0.2, 0.25) is 0 Å². The lowest BCUT2D eigenvalue weighted by atomic mass is 9.90. The molecule has 0 radical (unpaired) electrons. The lowest BCUT2D eigenvalue weighted by Gasteiger charge is -2.23. The van der Waals surface area contributed by atoms with Crippen LogP contribution >= 0.6 is 15.9 Å². The van der Waals surface area contributed by atoms with E-state index in [1.54, 1.807) is 12.1 Å². The van der Waals surface area contributed by atoms with E-state index in [1.165, 1.54) is 6.07 Å². The van der Waals surface area contributed by atoms with Gasteiger partial charge in [0.15, 0.2) is 0 Å². The van der Waals surface area contributed by atoms with E-state index in [-0.39, 0.29) is 16.0 Å². The largest absolute Gasteiger partial charge is 0.379 e. The average molecular weight is 301 g/mol. The Morgan fingerprint density at radius 3 is 2.65 bits per heavy atom. The summed E-state index contributed by atoms with van der Waals surface area (Å²) in [7, 11) is 0. The Labute approximate surface area is 110 Å². The highest BCUT2D eigenvalue weighted by Crippen LogP contribution is 2.29. The van der Waals surface area contributed by atoms with Crippen molar-refractivity contribution in [2.45, 2.75) is 27.2 Å². The summed E-state index contributed by atoms with van der Waals surface area (Å²) in [6.45, 7) is 7.07. The number of halogens is 1. The molecular formula is C12H17BrN2O2. The Hall–Kier alpha value is -1.10. The summed E-state index contributed by atoms with van der Waals surface area (Å²) in [4.78, 5) is 10.5. The first-order valence-electron chi connectivity index (χ1n) is 5.53. The number of hydrogen-bond acceptors (Lipinski definition) is 3. The van der Waals surface area contributed by atoms with Crippen LogP contribution in [0.3, 0.4) is 0 Å². The number of anilines is 1. The number of hydrogen-bond donors (Lipinski definition) is 1. The van der Waals surface area contributed by atoms with Crippen LogP contribution in [-0.4, -0.2) is 11.5 Å². The summed E-state index contributed by atoms with van der Waals surface area (Å²) in [5.41, 5.74) is 0.793. The minimum absolute atomic E-state index is 0.111. The quantitative estimate of drug-likeness (QED) is 0.655. The molecule has 0 aliphatic heterocycles. The number of benzene rings is 1. The number of nitrogens with zero attached hydrogens (tertiary/aromatic N) is 1. The summed E-state index contributed by atoms with van der Waals surface area (Å²) >= 11 is 3.32. The van der Waals surface area contributed by atoms with Crippen LogP contribution in [0.4, 0.5) is 11.4 Å². The van der Waals surface area contributed by atoms with Gasteiger partial charge in [0.25, 0.3) is 5.69 Å². The zero-order chi connectivity index (χ0) is 13.1. The van der Waals surface area contributed by atoms with E-state index in [1.807, 2.05) is 0 Å². The minimum Gasteiger partial charge on any atom is -0.379 e. The van der Waals surface area contributed by atoms with E-state index >= 15 is 0 Å². The number of nitro groups is 1. The van der Waals surface area contributed by atoms with Crippen molar-refractivity contribution in [3.8, 4) is 0 Å². The summed E-state index contributed by atoms with van der Waals surface area (Å²) in [6, 6.07) is 4.92. The van der Waals surface area contributed by atoms with Crippen LogP contribution in [0, 0.1) is 15.5 Å². The second-order valence-electron chi connectivity index (χ2n) is 4.79. The fraction of sp³-hybridized carbons (Fsp3) is 0.500. The van der Waals surface area contributed by atoms with Crippen LogP contribution in [0.1, 0.15) is 27.2 Å². The molecule has 0 spiro atoms. The first-order valence-corrected chi connectivity index (χ1v) is 6.33. The van der Waals surface area contributed by atoms with Gasteiger partial charge in [0, 0.05) is 17.1 Å². The lowest BCUT2D eigenvalue weighted by Crippen LogP contribution is -2.22. The third-order valence-electron chi connectivity index (χ3n) is 2.87. The van der Waals surface area contributed by atoms with Crippen LogP contribution < -0.4 is 5.32 Å². The van der Waals surface area contributed by atoms with Gasteiger partial charge in [-0.05, 0) is 24.0 Å². The Morgan fingerprint density at radius 2 is 2.12 bits per heavy atom. The molecule has 0 amide bonds. The molecule has 1 aromatic rings. The Kier molecular flexibility index (Phi) is 4.51. The Balaban J connectivity index is 2.89. The standard InChI is InChI=1S/C12H17BrN2O2/c1-4-12(2,3)8-14-10-7-9(13)5-6-11(10)15(16)17/h5-7,14H,4,8H2,1-3H3. The third-order valence-corrected chi connectivity index (χ3v) is 3.36. The summed E-state index contributed by atoms with van der Waals surface area (Å²) < 4.78 is 0.833. The van der Waals surface area contributed by atoms with Gasteiger partial charge in [-0.3, -0.25) is 10.1 Å². The van der Waals surface area contributed by atoms with E-state index in [0.29, 0.717) is 12.2 Å². The van der Waals surface area contributed by atoms with Gasteiger partial charge in [-0.2, -0.15) is 0 Å². The molecule has 0 heterocycles. The highest BCUT2D eigenvalue weighted by Gasteiger charge is 2.18. The molecule has 0 aromatic heterocycles.